The minimum Gasteiger partial charge on any atom is -0.478 e. The first kappa shape index (κ1) is 49.3. The highest BCUT2D eigenvalue weighted by Gasteiger charge is 2.25. The molecule has 2 amide bonds. The van der Waals surface area contributed by atoms with Gasteiger partial charge in [0.25, 0.3) is 5.91 Å². The van der Waals surface area contributed by atoms with Gasteiger partial charge in [0.2, 0.25) is 0 Å². The van der Waals surface area contributed by atoms with Gasteiger partial charge in [-0.1, -0.05) is 21.6 Å². The zero-order valence-corrected chi connectivity index (χ0v) is 38.2. The zero-order chi connectivity index (χ0) is 44.2. The molecular formula is C45H62N4O10S2. The zero-order valence-electron chi connectivity index (χ0n) is 36.5. The van der Waals surface area contributed by atoms with Crippen LogP contribution in [0.2, 0.25) is 0 Å². The summed E-state index contributed by atoms with van der Waals surface area (Å²) in [5.74, 6) is -0.318. The summed E-state index contributed by atoms with van der Waals surface area (Å²) in [5, 5.41) is 20.8. The number of carboxylic acids is 1. The highest BCUT2D eigenvalue weighted by atomic mass is 33.1. The summed E-state index contributed by atoms with van der Waals surface area (Å²) < 4.78 is 33.6. The number of nitrogens with zero attached hydrogens (tertiary/aromatic N) is 1. The van der Waals surface area contributed by atoms with Crippen molar-refractivity contribution >= 4 is 56.2 Å². The molecule has 1 aliphatic carbocycles. The van der Waals surface area contributed by atoms with Gasteiger partial charge in [-0.05, 0) is 108 Å². The number of hydrogen-bond donors (Lipinski definition) is 4. The smallest absolute Gasteiger partial charge is 0.407 e. The van der Waals surface area contributed by atoms with E-state index in [1.165, 1.54) is 12.1 Å². The van der Waals surface area contributed by atoms with Crippen LogP contribution in [0.5, 0.6) is 0 Å². The Hall–Kier alpha value is -4.32. The molecule has 16 heteroatoms. The number of methoxy groups -OCH3 is 1. The molecule has 4 rings (SSSR count). The van der Waals surface area contributed by atoms with Crippen LogP contribution in [-0.4, -0.2) is 113 Å². The standard InChI is InChI=1S/C45H62N4O10S2/c1-8-46-37-27-39-35(24-30(37)3)41(36-25-31(4)38(47-9-2)28-40(36)59-39)34-26-32(12-13-33(34)43(51)52)42(50)48-15-20-55-22-23-56-21-16-49-44(53)58-19-14-45(5,6)61-60-29-57-18-11-10-17-54-7/h12-13,24-28,46H,8-11,14-23,29H2,1-7H3,(H,48,50)(H,49,53)(H,51,52). The number of aryl methyl sites for hydroxylation is 2. The second-order valence-corrected chi connectivity index (χ2v) is 17.8. The van der Waals surface area contributed by atoms with Crippen molar-refractivity contribution in [2.75, 3.05) is 90.8 Å². The molecule has 1 aliphatic heterocycles. The second kappa shape index (κ2) is 25.6. The number of carbonyl (C=O) groups excluding carboxylic acids is 2. The van der Waals surface area contributed by atoms with E-state index < -0.39 is 12.1 Å². The topological polar surface area (TPSA) is 179 Å². The lowest BCUT2D eigenvalue weighted by Gasteiger charge is -2.22. The molecule has 0 aromatic heterocycles. The van der Waals surface area contributed by atoms with Crippen molar-refractivity contribution in [2.45, 2.75) is 65.6 Å². The van der Waals surface area contributed by atoms with E-state index in [1.807, 2.05) is 52.0 Å². The summed E-state index contributed by atoms with van der Waals surface area (Å²) in [4.78, 5) is 42.8. The lowest BCUT2D eigenvalue weighted by atomic mass is 9.88. The Bertz CT molecular complexity index is 2090. The normalized spacial score (nSPS) is 12.0. The Balaban J connectivity index is 1.24. The molecule has 14 nitrogen and oxygen atoms in total. The summed E-state index contributed by atoms with van der Waals surface area (Å²) in [6, 6.07) is 12.4. The van der Waals surface area contributed by atoms with Crippen LogP contribution in [0, 0.1) is 13.8 Å². The number of nitrogens with one attached hydrogen (secondary N) is 3. The molecule has 334 valence electrons. The molecule has 2 aliphatic rings. The quantitative estimate of drug-likeness (QED) is 0.0195. The fourth-order valence-corrected chi connectivity index (χ4v) is 8.65. The number of carboxylic acid groups (broad SMARTS) is 1. The fourth-order valence-electron chi connectivity index (χ4n) is 6.37. The van der Waals surface area contributed by atoms with Crippen LogP contribution in [0.15, 0.2) is 51.9 Å². The van der Waals surface area contributed by atoms with Crippen molar-refractivity contribution in [1.29, 1.82) is 0 Å². The summed E-state index contributed by atoms with van der Waals surface area (Å²) in [5.41, 5.74) is 5.51. The van der Waals surface area contributed by atoms with Crippen molar-refractivity contribution in [2.24, 2.45) is 4.99 Å². The third kappa shape index (κ3) is 15.5. The van der Waals surface area contributed by atoms with Gasteiger partial charge in [-0.2, -0.15) is 0 Å². The van der Waals surface area contributed by atoms with Crippen LogP contribution in [0.25, 0.3) is 33.4 Å². The van der Waals surface area contributed by atoms with Gasteiger partial charge < -0.3 is 49.2 Å². The van der Waals surface area contributed by atoms with Crippen molar-refractivity contribution < 1.29 is 47.6 Å². The Morgan fingerprint density at radius 1 is 0.836 bits per heavy atom. The third-order valence-electron chi connectivity index (χ3n) is 9.52. The SMILES string of the molecule is CCN=c1cc2oc3cc(NCC)c(C)cc3c(-c3cc(C(=O)NCCOCCOCCNC(=O)OCCC(C)(C)SSCOCCCCOC)ccc3C(=O)O)c-2cc1C. The molecule has 0 saturated heterocycles. The Kier molecular flexibility index (Phi) is 20.7. The third-order valence-corrected chi connectivity index (χ3v) is 12.6. The van der Waals surface area contributed by atoms with E-state index >= 15 is 0 Å². The predicted molar refractivity (Wildman–Crippen MR) is 244 cm³/mol. The Labute approximate surface area is 367 Å². The van der Waals surface area contributed by atoms with Gasteiger partial charge >= 0.3 is 12.1 Å². The number of amides is 2. The summed E-state index contributed by atoms with van der Waals surface area (Å²) in [7, 11) is 5.07. The van der Waals surface area contributed by atoms with Crippen LogP contribution < -0.4 is 21.3 Å². The van der Waals surface area contributed by atoms with Gasteiger partial charge in [0.05, 0.1) is 44.0 Å². The number of hydrogen-bond acceptors (Lipinski definition) is 13. The van der Waals surface area contributed by atoms with E-state index in [4.69, 9.17) is 28.1 Å². The van der Waals surface area contributed by atoms with Crippen LogP contribution >= 0.6 is 21.6 Å². The molecule has 2 aromatic carbocycles. The summed E-state index contributed by atoms with van der Waals surface area (Å²) in [6.07, 6.45) is 2.18. The monoisotopic (exact) mass is 882 g/mol. The maximum atomic E-state index is 13.4. The van der Waals surface area contributed by atoms with Gasteiger partial charge in [-0.25, -0.2) is 9.59 Å². The average molecular weight is 883 g/mol. The highest BCUT2D eigenvalue weighted by molar-refractivity contribution is 8.77. The average Bonchev–Trinajstić information content (AvgIpc) is 3.22. The van der Waals surface area contributed by atoms with E-state index in [9.17, 15) is 19.5 Å². The van der Waals surface area contributed by atoms with E-state index in [1.54, 1.807) is 34.8 Å². The highest BCUT2D eigenvalue weighted by Crippen LogP contribution is 2.43. The van der Waals surface area contributed by atoms with Crippen LogP contribution in [0.1, 0.15) is 78.8 Å². The fraction of sp³-hybridized carbons (Fsp3) is 0.511. The number of carbonyl (C=O) groups is 3. The number of rotatable bonds is 27. The maximum Gasteiger partial charge on any atom is 0.407 e. The molecule has 0 bridgehead atoms. The lowest BCUT2D eigenvalue weighted by molar-refractivity contribution is 0.0486. The van der Waals surface area contributed by atoms with E-state index in [0.717, 1.165) is 60.2 Å². The number of alkyl carbamates (subject to hydrolysis) is 1. The van der Waals surface area contributed by atoms with E-state index in [-0.39, 0.29) is 29.4 Å². The maximum absolute atomic E-state index is 13.4. The molecule has 1 heterocycles. The summed E-state index contributed by atoms with van der Waals surface area (Å²) >= 11 is 0. The van der Waals surface area contributed by atoms with E-state index in [2.05, 4.69) is 34.8 Å². The minimum atomic E-state index is -1.11. The van der Waals surface area contributed by atoms with Crippen molar-refractivity contribution in [3.8, 4) is 22.5 Å². The molecule has 0 spiro atoms. The molecule has 2 aromatic rings. The van der Waals surface area contributed by atoms with Crippen molar-refractivity contribution in [3.63, 3.8) is 0 Å². The number of fused-ring (bicyclic) bond motifs is 2. The van der Waals surface area contributed by atoms with Gasteiger partial charge in [0.15, 0.2) is 0 Å². The molecule has 0 radical (unpaired) electrons. The number of aromatic carboxylic acids is 1. The van der Waals surface area contributed by atoms with Gasteiger partial charge in [0.1, 0.15) is 17.3 Å². The first-order valence-electron chi connectivity index (χ1n) is 20.7. The number of benzene rings is 3. The second-order valence-electron chi connectivity index (χ2n) is 14.8. The number of ether oxygens (including phenoxy) is 5. The summed E-state index contributed by atoms with van der Waals surface area (Å²) in [6.45, 7) is 16.9. The molecular weight excluding hydrogens is 821 g/mol. The van der Waals surface area contributed by atoms with Crippen molar-refractivity contribution in [3.05, 3.63) is 70.1 Å². The van der Waals surface area contributed by atoms with Crippen molar-refractivity contribution in [1.82, 2.24) is 10.6 Å². The largest absolute Gasteiger partial charge is 0.478 e. The van der Waals surface area contributed by atoms with Crippen LogP contribution in [-0.2, 0) is 23.7 Å². The molecule has 0 atom stereocenters. The van der Waals surface area contributed by atoms with E-state index in [0.29, 0.717) is 85.5 Å². The predicted octanol–water partition coefficient (Wildman–Crippen LogP) is 8.31. The van der Waals surface area contributed by atoms with Gasteiger partial charge in [0, 0.05) is 91.1 Å². The molecule has 4 N–H and O–H groups in total. The lowest BCUT2D eigenvalue weighted by Crippen LogP contribution is -2.30. The Morgan fingerprint density at radius 3 is 2.28 bits per heavy atom. The first-order valence-corrected chi connectivity index (χ1v) is 23.1. The molecule has 0 saturated carbocycles. The molecule has 0 fully saturated rings. The number of unbranched alkanes of at least 4 members (excludes halogenated alkanes) is 1. The first-order chi connectivity index (χ1) is 29.4. The number of anilines is 1. The van der Waals surface area contributed by atoms with Gasteiger partial charge in [-0.15, -0.1) is 0 Å². The molecule has 61 heavy (non-hydrogen) atoms. The minimum absolute atomic E-state index is 0.0601. The van der Waals surface area contributed by atoms with Gasteiger partial charge in [-0.3, -0.25) is 9.79 Å². The van der Waals surface area contributed by atoms with Crippen LogP contribution in [0.3, 0.4) is 0 Å². The Morgan fingerprint density at radius 2 is 1.57 bits per heavy atom. The van der Waals surface area contributed by atoms with Crippen LogP contribution in [0.4, 0.5) is 10.5 Å². The molecule has 0 unspecified atom stereocenters.